The van der Waals surface area contributed by atoms with Crippen molar-refractivity contribution in [3.8, 4) is 5.75 Å². The minimum absolute atomic E-state index is 0.129. The summed E-state index contributed by atoms with van der Waals surface area (Å²) in [6, 6.07) is 7.35. The maximum Gasteiger partial charge on any atom is 0.227 e. The third-order valence-electron chi connectivity index (χ3n) is 4.22. The first kappa shape index (κ1) is 17.8. The number of ether oxygens (including phenoxy) is 1. The van der Waals surface area contributed by atoms with Gasteiger partial charge in [-0.05, 0) is 51.2 Å². The van der Waals surface area contributed by atoms with Crippen molar-refractivity contribution in [2.75, 3.05) is 32.6 Å². The van der Waals surface area contributed by atoms with Gasteiger partial charge < -0.3 is 20.1 Å². The van der Waals surface area contributed by atoms with Crippen LogP contribution in [0.5, 0.6) is 5.75 Å². The van der Waals surface area contributed by atoms with E-state index in [0.717, 1.165) is 50.1 Å². The van der Waals surface area contributed by atoms with Gasteiger partial charge >= 0.3 is 0 Å². The summed E-state index contributed by atoms with van der Waals surface area (Å²) >= 11 is 0. The number of carbonyl (C=O) groups is 1. The van der Waals surface area contributed by atoms with Crippen molar-refractivity contribution in [3.63, 3.8) is 0 Å². The molecule has 1 aromatic rings. The van der Waals surface area contributed by atoms with Gasteiger partial charge in [-0.15, -0.1) is 0 Å². The molecule has 0 spiro atoms. The zero-order chi connectivity index (χ0) is 16.7. The lowest BCUT2D eigenvalue weighted by atomic mass is 9.82. The van der Waals surface area contributed by atoms with Gasteiger partial charge in [0.25, 0.3) is 0 Å². The fraction of sp³-hybridized carbons (Fsp3) is 0.611. The molecule has 0 aliphatic heterocycles. The third kappa shape index (κ3) is 6.20. The van der Waals surface area contributed by atoms with Gasteiger partial charge in [-0.25, -0.2) is 0 Å². The van der Waals surface area contributed by atoms with Crippen LogP contribution in [0.15, 0.2) is 24.3 Å². The average Bonchev–Trinajstić information content (AvgIpc) is 2.49. The lowest BCUT2D eigenvalue weighted by Crippen LogP contribution is -2.35. The van der Waals surface area contributed by atoms with Crippen LogP contribution in [0.4, 0.5) is 5.69 Å². The number of carbonyl (C=O) groups excluding carboxylic acids is 1. The molecule has 2 rings (SSSR count). The van der Waals surface area contributed by atoms with E-state index in [4.69, 9.17) is 4.74 Å². The molecule has 1 aliphatic carbocycles. The minimum atomic E-state index is -0.822. The minimum Gasteiger partial charge on any atom is -0.492 e. The molecule has 1 fully saturated rings. The molecular weight excluding hydrogens is 292 g/mol. The number of aliphatic hydroxyl groups is 1. The van der Waals surface area contributed by atoms with E-state index in [-0.39, 0.29) is 12.3 Å². The van der Waals surface area contributed by atoms with Crippen LogP contribution in [-0.2, 0) is 4.79 Å². The summed E-state index contributed by atoms with van der Waals surface area (Å²) in [5.41, 5.74) is -0.0910. The van der Waals surface area contributed by atoms with Gasteiger partial charge in [0.15, 0.2) is 0 Å². The molecule has 0 unspecified atom stereocenters. The van der Waals surface area contributed by atoms with E-state index in [1.165, 1.54) is 0 Å². The number of anilines is 1. The van der Waals surface area contributed by atoms with Crippen LogP contribution in [0.3, 0.4) is 0 Å². The molecule has 23 heavy (non-hydrogen) atoms. The Balaban J connectivity index is 1.79. The van der Waals surface area contributed by atoms with Gasteiger partial charge in [0, 0.05) is 12.2 Å². The molecule has 1 saturated carbocycles. The van der Waals surface area contributed by atoms with Gasteiger partial charge in [-0.3, -0.25) is 4.79 Å². The highest BCUT2D eigenvalue weighted by molar-refractivity contribution is 5.91. The SMILES string of the molecule is CN(C)CCOc1ccc(NC(=O)CC2(O)CCCCC2)cc1. The van der Waals surface area contributed by atoms with Crippen LogP contribution in [0.1, 0.15) is 38.5 Å². The Morgan fingerprint density at radius 3 is 2.48 bits per heavy atom. The summed E-state index contributed by atoms with van der Waals surface area (Å²) in [7, 11) is 4.00. The van der Waals surface area contributed by atoms with Gasteiger partial charge in [0.2, 0.25) is 5.91 Å². The first-order valence-electron chi connectivity index (χ1n) is 8.37. The van der Waals surface area contributed by atoms with Gasteiger partial charge in [0.05, 0.1) is 12.0 Å². The number of likely N-dealkylation sites (N-methyl/N-ethyl adjacent to an activating group) is 1. The van der Waals surface area contributed by atoms with E-state index < -0.39 is 5.60 Å². The molecule has 128 valence electrons. The van der Waals surface area contributed by atoms with E-state index in [0.29, 0.717) is 6.61 Å². The van der Waals surface area contributed by atoms with Gasteiger partial charge in [-0.2, -0.15) is 0 Å². The number of nitrogens with zero attached hydrogens (tertiary/aromatic N) is 1. The van der Waals surface area contributed by atoms with E-state index in [1.54, 1.807) is 0 Å². The number of hydrogen-bond acceptors (Lipinski definition) is 4. The van der Waals surface area contributed by atoms with Crippen LogP contribution in [-0.4, -0.2) is 48.8 Å². The standard InChI is InChI=1S/C18H28N2O3/c1-20(2)12-13-23-16-8-6-15(7-9-16)19-17(21)14-18(22)10-4-3-5-11-18/h6-9,22H,3-5,10-14H2,1-2H3,(H,19,21). The van der Waals surface area contributed by atoms with Crippen molar-refractivity contribution in [1.29, 1.82) is 0 Å². The second-order valence-corrected chi connectivity index (χ2v) is 6.69. The van der Waals surface area contributed by atoms with Crippen molar-refractivity contribution >= 4 is 11.6 Å². The van der Waals surface area contributed by atoms with Crippen molar-refractivity contribution in [2.45, 2.75) is 44.1 Å². The van der Waals surface area contributed by atoms with Crippen LogP contribution in [0.2, 0.25) is 0 Å². The highest BCUT2D eigenvalue weighted by atomic mass is 16.5. The lowest BCUT2D eigenvalue weighted by Gasteiger charge is -2.31. The molecule has 5 nitrogen and oxygen atoms in total. The number of rotatable bonds is 7. The average molecular weight is 320 g/mol. The Kier molecular flexibility index (Phi) is 6.42. The van der Waals surface area contributed by atoms with E-state index in [9.17, 15) is 9.90 Å². The number of benzene rings is 1. The molecule has 0 bridgehead atoms. The topological polar surface area (TPSA) is 61.8 Å². The zero-order valence-electron chi connectivity index (χ0n) is 14.2. The van der Waals surface area contributed by atoms with Crippen LogP contribution in [0, 0.1) is 0 Å². The molecular formula is C18H28N2O3. The van der Waals surface area contributed by atoms with Crippen LogP contribution in [0.25, 0.3) is 0 Å². The summed E-state index contributed by atoms with van der Waals surface area (Å²) in [6.45, 7) is 1.49. The first-order valence-corrected chi connectivity index (χ1v) is 8.37. The summed E-state index contributed by atoms with van der Waals surface area (Å²) in [5, 5.41) is 13.3. The van der Waals surface area contributed by atoms with E-state index in [1.807, 2.05) is 38.4 Å². The van der Waals surface area contributed by atoms with Gasteiger partial charge in [0.1, 0.15) is 12.4 Å². The van der Waals surface area contributed by atoms with Crippen molar-refractivity contribution in [2.24, 2.45) is 0 Å². The molecule has 5 heteroatoms. The Morgan fingerprint density at radius 2 is 1.87 bits per heavy atom. The smallest absolute Gasteiger partial charge is 0.227 e. The van der Waals surface area contributed by atoms with E-state index >= 15 is 0 Å². The Morgan fingerprint density at radius 1 is 1.22 bits per heavy atom. The maximum absolute atomic E-state index is 12.1. The molecule has 0 saturated heterocycles. The lowest BCUT2D eigenvalue weighted by molar-refractivity contribution is -0.122. The van der Waals surface area contributed by atoms with Crippen molar-refractivity contribution in [3.05, 3.63) is 24.3 Å². The van der Waals surface area contributed by atoms with Crippen molar-refractivity contribution in [1.82, 2.24) is 4.90 Å². The number of hydrogen-bond donors (Lipinski definition) is 2. The quantitative estimate of drug-likeness (QED) is 0.811. The predicted molar refractivity (Wildman–Crippen MR) is 91.8 cm³/mol. The summed E-state index contributed by atoms with van der Waals surface area (Å²) in [5.74, 6) is 0.659. The molecule has 2 N–H and O–H groups in total. The maximum atomic E-state index is 12.1. The van der Waals surface area contributed by atoms with Crippen LogP contribution < -0.4 is 10.1 Å². The largest absolute Gasteiger partial charge is 0.492 e. The Hall–Kier alpha value is -1.59. The molecule has 1 amide bonds. The molecule has 0 aromatic heterocycles. The fourth-order valence-corrected chi connectivity index (χ4v) is 2.87. The second kappa shape index (κ2) is 8.31. The highest BCUT2D eigenvalue weighted by Crippen LogP contribution is 2.31. The first-order chi connectivity index (χ1) is 11.0. The monoisotopic (exact) mass is 320 g/mol. The third-order valence-corrected chi connectivity index (χ3v) is 4.22. The predicted octanol–water partition coefficient (Wildman–Crippen LogP) is 2.65. The highest BCUT2D eigenvalue weighted by Gasteiger charge is 2.31. The molecule has 1 aliphatic rings. The number of nitrogens with one attached hydrogen (secondary N) is 1. The second-order valence-electron chi connectivity index (χ2n) is 6.69. The van der Waals surface area contributed by atoms with Gasteiger partial charge in [-0.1, -0.05) is 19.3 Å². The summed E-state index contributed by atoms with van der Waals surface area (Å²) in [4.78, 5) is 14.2. The molecule has 0 atom stereocenters. The normalized spacial score (nSPS) is 17.0. The van der Waals surface area contributed by atoms with Crippen LogP contribution >= 0.6 is 0 Å². The van der Waals surface area contributed by atoms with E-state index in [2.05, 4.69) is 10.2 Å². The molecule has 0 radical (unpaired) electrons. The Labute approximate surface area is 138 Å². The van der Waals surface area contributed by atoms with Crippen molar-refractivity contribution < 1.29 is 14.6 Å². The summed E-state index contributed by atoms with van der Waals surface area (Å²) in [6.07, 6.45) is 4.77. The zero-order valence-corrected chi connectivity index (χ0v) is 14.2. The molecule has 0 heterocycles. The molecule has 1 aromatic carbocycles. The fourth-order valence-electron chi connectivity index (χ4n) is 2.87. The number of amides is 1. The Bertz CT molecular complexity index is 493. The summed E-state index contributed by atoms with van der Waals surface area (Å²) < 4.78 is 5.62.